The smallest absolute Gasteiger partial charge is 0.272 e. The van der Waals surface area contributed by atoms with Crippen molar-refractivity contribution in [3.05, 3.63) is 60.2 Å². The Morgan fingerprint density at radius 1 is 1.23 bits per heavy atom. The number of carbonyl (C=O) groups excluding carboxylic acids is 1. The van der Waals surface area contributed by atoms with Crippen LogP contribution in [0.2, 0.25) is 0 Å². The lowest BCUT2D eigenvalue weighted by atomic mass is 9.89. The Kier molecular flexibility index (Phi) is 4.95. The van der Waals surface area contributed by atoms with Crippen molar-refractivity contribution in [1.29, 1.82) is 0 Å². The van der Waals surface area contributed by atoms with E-state index in [1.54, 1.807) is 18.5 Å². The molecule has 6 nitrogen and oxygen atoms in total. The molecule has 1 spiro atoms. The van der Waals surface area contributed by atoms with E-state index in [-0.39, 0.29) is 17.6 Å². The Morgan fingerprint density at radius 3 is 2.85 bits per heavy atom. The molecule has 2 aromatic rings. The van der Waals surface area contributed by atoms with Crippen LogP contribution in [0.3, 0.4) is 0 Å². The number of nitrogens with zero attached hydrogens (tertiary/aromatic N) is 3. The molecule has 26 heavy (non-hydrogen) atoms. The van der Waals surface area contributed by atoms with Crippen molar-refractivity contribution in [2.24, 2.45) is 0 Å². The molecule has 0 aliphatic carbocycles. The van der Waals surface area contributed by atoms with E-state index >= 15 is 0 Å². The second kappa shape index (κ2) is 7.51. The van der Waals surface area contributed by atoms with Crippen molar-refractivity contribution in [1.82, 2.24) is 14.9 Å². The summed E-state index contributed by atoms with van der Waals surface area (Å²) in [5.74, 6) is -0.0221. The monoisotopic (exact) mass is 353 g/mol. The summed E-state index contributed by atoms with van der Waals surface area (Å²) >= 11 is 0. The van der Waals surface area contributed by atoms with Crippen molar-refractivity contribution in [3.8, 4) is 0 Å². The lowest BCUT2D eigenvalue weighted by Gasteiger charge is -2.39. The molecule has 0 saturated carbocycles. The van der Waals surface area contributed by atoms with Gasteiger partial charge in [0.2, 0.25) is 0 Å². The number of rotatable bonds is 4. The summed E-state index contributed by atoms with van der Waals surface area (Å²) in [6.45, 7) is 2.41. The maximum atomic E-state index is 12.7. The van der Waals surface area contributed by atoms with E-state index in [2.05, 4.69) is 9.97 Å². The lowest BCUT2D eigenvalue weighted by molar-refractivity contribution is -0.0467. The highest BCUT2D eigenvalue weighted by Crippen LogP contribution is 2.36. The first-order chi connectivity index (χ1) is 12.7. The zero-order valence-electron chi connectivity index (χ0n) is 14.7. The van der Waals surface area contributed by atoms with Crippen LogP contribution in [0.15, 0.2) is 48.8 Å². The molecule has 0 radical (unpaired) electrons. The van der Waals surface area contributed by atoms with E-state index in [1.165, 1.54) is 0 Å². The van der Waals surface area contributed by atoms with Crippen molar-refractivity contribution in [2.75, 3.05) is 19.7 Å². The molecule has 4 rings (SSSR count). The third kappa shape index (κ3) is 3.76. The van der Waals surface area contributed by atoms with Gasteiger partial charge in [-0.15, -0.1) is 0 Å². The highest BCUT2D eigenvalue weighted by Gasteiger charge is 2.45. The summed E-state index contributed by atoms with van der Waals surface area (Å²) in [6, 6.07) is 11.2. The standard InChI is InChI=1S/C20H23N3O3/c24-19(18-7-2-4-10-22-18)23-11-5-8-20(15-23)12-17(14-26-20)25-13-16-6-1-3-9-21-16/h1-4,6-7,9-10,17H,5,8,11-15H2/t17-,20+/m1/s1. The number of hydrogen-bond donors (Lipinski definition) is 0. The average molecular weight is 353 g/mol. The minimum absolute atomic E-state index is 0.0221. The summed E-state index contributed by atoms with van der Waals surface area (Å²) < 4.78 is 12.1. The van der Waals surface area contributed by atoms with Gasteiger partial charge in [-0.05, 0) is 37.1 Å². The largest absolute Gasteiger partial charge is 0.370 e. The molecule has 4 heterocycles. The molecular weight excluding hydrogens is 330 g/mol. The molecule has 2 saturated heterocycles. The number of amides is 1. The molecule has 0 aromatic carbocycles. The fraction of sp³-hybridized carbons (Fsp3) is 0.450. The predicted molar refractivity (Wildman–Crippen MR) is 95.5 cm³/mol. The number of piperidine rings is 1. The summed E-state index contributed by atoms with van der Waals surface area (Å²) in [5, 5.41) is 0. The molecule has 0 bridgehead atoms. The SMILES string of the molecule is O=C(c1ccccn1)N1CCC[C@]2(C[C@@H](OCc3ccccn3)CO2)C1. The third-order valence-electron chi connectivity index (χ3n) is 5.08. The Labute approximate surface area is 153 Å². The fourth-order valence-electron chi connectivity index (χ4n) is 3.80. The highest BCUT2D eigenvalue weighted by molar-refractivity contribution is 5.92. The Balaban J connectivity index is 1.36. The van der Waals surface area contributed by atoms with Crippen molar-refractivity contribution >= 4 is 5.91 Å². The van der Waals surface area contributed by atoms with E-state index in [1.807, 2.05) is 35.2 Å². The molecule has 6 heteroatoms. The van der Waals surface area contributed by atoms with E-state index < -0.39 is 0 Å². The minimum atomic E-state index is -0.294. The van der Waals surface area contributed by atoms with Gasteiger partial charge in [-0.25, -0.2) is 0 Å². The third-order valence-corrected chi connectivity index (χ3v) is 5.08. The molecule has 2 aromatic heterocycles. The van der Waals surface area contributed by atoms with E-state index in [9.17, 15) is 4.79 Å². The Bertz CT molecular complexity index is 740. The number of likely N-dealkylation sites (tertiary alicyclic amines) is 1. The molecular formula is C20H23N3O3. The normalized spacial score (nSPS) is 25.5. The topological polar surface area (TPSA) is 64.6 Å². The molecule has 136 valence electrons. The van der Waals surface area contributed by atoms with Gasteiger partial charge in [0.1, 0.15) is 5.69 Å². The van der Waals surface area contributed by atoms with Gasteiger partial charge in [-0.1, -0.05) is 12.1 Å². The molecule has 0 N–H and O–H groups in total. The van der Waals surface area contributed by atoms with Gasteiger partial charge >= 0.3 is 0 Å². The fourth-order valence-corrected chi connectivity index (χ4v) is 3.80. The zero-order valence-corrected chi connectivity index (χ0v) is 14.7. The van der Waals surface area contributed by atoms with Crippen LogP contribution in [-0.4, -0.2) is 52.2 Å². The maximum Gasteiger partial charge on any atom is 0.272 e. The number of pyridine rings is 2. The second-order valence-electron chi connectivity index (χ2n) is 7.00. The summed E-state index contributed by atoms with van der Waals surface area (Å²) in [4.78, 5) is 23.0. The van der Waals surface area contributed by atoms with Crippen LogP contribution in [0.5, 0.6) is 0 Å². The first kappa shape index (κ1) is 17.1. The van der Waals surface area contributed by atoms with Crippen LogP contribution >= 0.6 is 0 Å². The number of hydrogen-bond acceptors (Lipinski definition) is 5. The van der Waals surface area contributed by atoms with Gasteiger partial charge in [0, 0.05) is 25.4 Å². The first-order valence-electron chi connectivity index (χ1n) is 9.10. The zero-order chi connectivity index (χ0) is 17.8. The van der Waals surface area contributed by atoms with Crippen molar-refractivity contribution < 1.29 is 14.3 Å². The average Bonchev–Trinajstić information content (AvgIpc) is 3.09. The van der Waals surface area contributed by atoms with Gasteiger partial charge in [0.25, 0.3) is 5.91 Å². The molecule has 1 amide bonds. The minimum Gasteiger partial charge on any atom is -0.370 e. The summed E-state index contributed by atoms with van der Waals surface area (Å²) in [6.07, 6.45) is 6.18. The van der Waals surface area contributed by atoms with E-state index in [0.717, 1.165) is 31.5 Å². The van der Waals surface area contributed by atoms with Gasteiger partial charge in [0.05, 0.1) is 37.2 Å². The van der Waals surface area contributed by atoms with E-state index in [0.29, 0.717) is 25.5 Å². The molecule has 2 aliphatic heterocycles. The van der Waals surface area contributed by atoms with Gasteiger partial charge in [0.15, 0.2) is 0 Å². The van der Waals surface area contributed by atoms with E-state index in [4.69, 9.17) is 9.47 Å². The maximum absolute atomic E-state index is 12.7. The van der Waals surface area contributed by atoms with Crippen LogP contribution in [0.1, 0.15) is 35.4 Å². The van der Waals surface area contributed by atoms with Crippen LogP contribution < -0.4 is 0 Å². The molecule has 0 unspecified atom stereocenters. The summed E-state index contributed by atoms with van der Waals surface area (Å²) in [5.41, 5.74) is 1.12. The summed E-state index contributed by atoms with van der Waals surface area (Å²) in [7, 11) is 0. The van der Waals surface area contributed by atoms with Crippen LogP contribution in [-0.2, 0) is 16.1 Å². The molecule has 2 fully saturated rings. The Morgan fingerprint density at radius 2 is 2.08 bits per heavy atom. The van der Waals surface area contributed by atoms with Gasteiger partial charge in [-0.3, -0.25) is 14.8 Å². The molecule has 2 aliphatic rings. The van der Waals surface area contributed by atoms with Crippen LogP contribution in [0.4, 0.5) is 0 Å². The highest BCUT2D eigenvalue weighted by atomic mass is 16.6. The predicted octanol–water partition coefficient (Wildman–Crippen LogP) is 2.46. The lowest BCUT2D eigenvalue weighted by Crippen LogP contribution is -2.50. The first-order valence-corrected chi connectivity index (χ1v) is 9.10. The number of carbonyl (C=O) groups is 1. The van der Waals surface area contributed by atoms with Crippen LogP contribution in [0.25, 0.3) is 0 Å². The number of aromatic nitrogens is 2. The quantitative estimate of drug-likeness (QED) is 0.845. The Hall–Kier alpha value is -2.31. The molecule has 2 atom stereocenters. The van der Waals surface area contributed by atoms with Gasteiger partial charge in [-0.2, -0.15) is 0 Å². The van der Waals surface area contributed by atoms with Crippen LogP contribution in [0, 0.1) is 0 Å². The second-order valence-corrected chi connectivity index (χ2v) is 7.00. The van der Waals surface area contributed by atoms with Gasteiger partial charge < -0.3 is 14.4 Å². The number of ether oxygens (including phenoxy) is 2. The van der Waals surface area contributed by atoms with Crippen molar-refractivity contribution in [2.45, 2.75) is 37.6 Å². The van der Waals surface area contributed by atoms with Crippen molar-refractivity contribution in [3.63, 3.8) is 0 Å².